The molecule has 1 aliphatic carbocycles. The van der Waals surface area contributed by atoms with Crippen LogP contribution in [-0.4, -0.2) is 33.0 Å². The molecule has 1 saturated carbocycles. The molecule has 2 rings (SSSR count). The van der Waals surface area contributed by atoms with Crippen LogP contribution in [0.1, 0.15) is 24.8 Å². The molecule has 1 aromatic carbocycles. The highest BCUT2D eigenvalue weighted by Crippen LogP contribution is 2.31. The Hall–Kier alpha value is -1.84. The van der Waals surface area contributed by atoms with Gasteiger partial charge >= 0.3 is 5.97 Å². The number of methoxy groups -OCH3 is 1. The van der Waals surface area contributed by atoms with Gasteiger partial charge in [0, 0.05) is 26.2 Å². The van der Waals surface area contributed by atoms with Crippen molar-refractivity contribution in [3.05, 3.63) is 29.8 Å². The molecule has 21 heavy (non-hydrogen) atoms. The lowest BCUT2D eigenvalue weighted by atomic mass is 9.78. The Balaban J connectivity index is 2.03. The Bertz CT molecular complexity index is 525. The molecule has 0 radical (unpaired) electrons. The first-order valence-electron chi connectivity index (χ1n) is 7.38. The van der Waals surface area contributed by atoms with Gasteiger partial charge in [0.25, 0.3) is 0 Å². The Labute approximate surface area is 126 Å². The molecule has 1 aliphatic rings. The van der Waals surface area contributed by atoms with Crippen LogP contribution in [0.3, 0.4) is 0 Å². The summed E-state index contributed by atoms with van der Waals surface area (Å²) in [6.45, 7) is 0. The molecule has 2 unspecified atom stereocenters. The van der Waals surface area contributed by atoms with Gasteiger partial charge in [0.15, 0.2) is 0 Å². The molecule has 0 amide bonds. The van der Waals surface area contributed by atoms with Crippen molar-refractivity contribution in [1.29, 1.82) is 0 Å². The van der Waals surface area contributed by atoms with Crippen molar-refractivity contribution < 1.29 is 14.3 Å². The highest BCUT2D eigenvalue weighted by Gasteiger charge is 2.34. The second-order valence-corrected chi connectivity index (χ2v) is 5.92. The number of hydrogen-bond acceptors (Lipinski definition) is 4. The number of anilines is 1. The van der Waals surface area contributed by atoms with E-state index in [1.807, 2.05) is 26.2 Å². The number of ketones is 1. The Morgan fingerprint density at radius 2 is 2.00 bits per heavy atom. The summed E-state index contributed by atoms with van der Waals surface area (Å²) >= 11 is 0. The summed E-state index contributed by atoms with van der Waals surface area (Å²) in [4.78, 5) is 25.7. The lowest BCUT2D eigenvalue weighted by Crippen LogP contribution is -2.32. The molecule has 4 heteroatoms. The van der Waals surface area contributed by atoms with E-state index in [4.69, 9.17) is 4.74 Å². The summed E-state index contributed by atoms with van der Waals surface area (Å²) in [6.07, 6.45) is 2.86. The number of rotatable bonds is 4. The van der Waals surface area contributed by atoms with Crippen LogP contribution in [0.25, 0.3) is 0 Å². The van der Waals surface area contributed by atoms with Gasteiger partial charge < -0.3 is 9.64 Å². The molecule has 1 fully saturated rings. The van der Waals surface area contributed by atoms with E-state index in [0.29, 0.717) is 18.8 Å². The van der Waals surface area contributed by atoms with Gasteiger partial charge in [0.2, 0.25) is 0 Å². The summed E-state index contributed by atoms with van der Waals surface area (Å²) in [6, 6.07) is 8.27. The van der Waals surface area contributed by atoms with E-state index in [9.17, 15) is 9.59 Å². The minimum absolute atomic E-state index is 0.0282. The minimum atomic E-state index is -0.546. The van der Waals surface area contributed by atoms with E-state index in [1.54, 1.807) is 0 Å². The highest BCUT2D eigenvalue weighted by molar-refractivity contribution is 5.99. The normalized spacial score (nSPS) is 22.0. The first-order chi connectivity index (χ1) is 10.0. The van der Waals surface area contributed by atoms with Crippen molar-refractivity contribution in [3.8, 4) is 0 Å². The Kier molecular flexibility index (Phi) is 4.99. The second kappa shape index (κ2) is 6.74. The van der Waals surface area contributed by atoms with E-state index in [1.165, 1.54) is 18.4 Å². The molecule has 4 nitrogen and oxygen atoms in total. The van der Waals surface area contributed by atoms with E-state index in [0.717, 1.165) is 12.8 Å². The molecular weight excluding hydrogens is 266 g/mol. The number of carbonyl (C=O) groups is 2. The van der Waals surface area contributed by atoms with Crippen LogP contribution in [0.15, 0.2) is 24.3 Å². The number of para-hydroxylation sites is 1. The van der Waals surface area contributed by atoms with E-state index in [2.05, 4.69) is 17.0 Å². The quantitative estimate of drug-likeness (QED) is 0.631. The summed E-state index contributed by atoms with van der Waals surface area (Å²) in [5, 5.41) is 0. The Morgan fingerprint density at radius 1 is 1.29 bits per heavy atom. The van der Waals surface area contributed by atoms with Gasteiger partial charge in [0.1, 0.15) is 11.7 Å². The summed E-state index contributed by atoms with van der Waals surface area (Å²) in [7, 11) is 5.39. The zero-order chi connectivity index (χ0) is 15.4. The molecule has 0 N–H and O–H groups in total. The average Bonchev–Trinajstić information content (AvgIpc) is 2.47. The molecule has 114 valence electrons. The lowest BCUT2D eigenvalue weighted by Gasteiger charge is -2.27. The van der Waals surface area contributed by atoms with Crippen LogP contribution in [0.4, 0.5) is 5.69 Å². The third-order valence-electron chi connectivity index (χ3n) is 4.21. The maximum absolute atomic E-state index is 12.1. The number of ether oxygens (including phenoxy) is 1. The molecule has 0 aliphatic heterocycles. The molecule has 2 atom stereocenters. The predicted molar refractivity (Wildman–Crippen MR) is 82.3 cm³/mol. The fourth-order valence-corrected chi connectivity index (χ4v) is 3.09. The molecule has 0 bridgehead atoms. The highest BCUT2D eigenvalue weighted by atomic mass is 16.5. The standard InChI is InChI=1S/C17H23NO3/c1-18(2)15-7-5-4-6-13(15)10-12-8-9-14(16(19)11-12)17(20)21-3/h4-7,12,14H,8-11H2,1-3H3. The van der Waals surface area contributed by atoms with Gasteiger partial charge in [-0.15, -0.1) is 0 Å². The summed E-state index contributed by atoms with van der Waals surface area (Å²) in [5.41, 5.74) is 2.46. The molecule has 0 saturated heterocycles. The van der Waals surface area contributed by atoms with Crippen molar-refractivity contribution in [1.82, 2.24) is 0 Å². The number of nitrogens with zero attached hydrogens (tertiary/aromatic N) is 1. The van der Waals surface area contributed by atoms with E-state index >= 15 is 0 Å². The number of benzene rings is 1. The molecule has 0 aromatic heterocycles. The van der Waals surface area contributed by atoms with E-state index < -0.39 is 5.92 Å². The van der Waals surface area contributed by atoms with Crippen LogP contribution in [0.2, 0.25) is 0 Å². The zero-order valence-corrected chi connectivity index (χ0v) is 13.0. The van der Waals surface area contributed by atoms with E-state index in [-0.39, 0.29) is 11.8 Å². The van der Waals surface area contributed by atoms with Gasteiger partial charge in [-0.25, -0.2) is 0 Å². The maximum Gasteiger partial charge on any atom is 0.316 e. The molecule has 0 spiro atoms. The van der Waals surface area contributed by atoms with Gasteiger partial charge in [-0.05, 0) is 36.8 Å². The molecular formula is C17H23NO3. The fraction of sp³-hybridized carbons (Fsp3) is 0.529. The van der Waals surface area contributed by atoms with Crippen LogP contribution in [0.5, 0.6) is 0 Å². The maximum atomic E-state index is 12.1. The monoisotopic (exact) mass is 289 g/mol. The van der Waals surface area contributed by atoms with Gasteiger partial charge in [0.05, 0.1) is 7.11 Å². The van der Waals surface area contributed by atoms with Crippen molar-refractivity contribution >= 4 is 17.4 Å². The van der Waals surface area contributed by atoms with Crippen LogP contribution in [0, 0.1) is 11.8 Å². The summed E-state index contributed by atoms with van der Waals surface area (Å²) in [5.74, 6) is -0.581. The van der Waals surface area contributed by atoms with Crippen molar-refractivity contribution in [3.63, 3.8) is 0 Å². The van der Waals surface area contributed by atoms with Crippen molar-refractivity contribution in [2.24, 2.45) is 11.8 Å². The fourth-order valence-electron chi connectivity index (χ4n) is 3.09. The third kappa shape index (κ3) is 3.63. The summed E-state index contributed by atoms with van der Waals surface area (Å²) < 4.78 is 4.70. The van der Waals surface area contributed by atoms with Crippen LogP contribution >= 0.6 is 0 Å². The third-order valence-corrected chi connectivity index (χ3v) is 4.21. The number of hydrogen-bond donors (Lipinski definition) is 0. The van der Waals surface area contributed by atoms with Crippen LogP contribution < -0.4 is 4.90 Å². The van der Waals surface area contributed by atoms with Gasteiger partial charge in [-0.1, -0.05) is 18.2 Å². The minimum Gasteiger partial charge on any atom is -0.468 e. The number of Topliss-reactive ketones (excluding diaryl/α,β-unsaturated/α-hetero) is 1. The van der Waals surface area contributed by atoms with Gasteiger partial charge in [-0.2, -0.15) is 0 Å². The second-order valence-electron chi connectivity index (χ2n) is 5.92. The number of carbonyl (C=O) groups excluding carboxylic acids is 2. The molecule has 0 heterocycles. The zero-order valence-electron chi connectivity index (χ0n) is 13.0. The average molecular weight is 289 g/mol. The lowest BCUT2D eigenvalue weighted by molar-refractivity contribution is -0.151. The SMILES string of the molecule is COC(=O)C1CCC(Cc2ccccc2N(C)C)CC1=O. The Morgan fingerprint density at radius 3 is 2.62 bits per heavy atom. The first kappa shape index (κ1) is 15.5. The van der Waals surface area contributed by atoms with Crippen molar-refractivity contribution in [2.75, 3.05) is 26.1 Å². The topological polar surface area (TPSA) is 46.6 Å². The van der Waals surface area contributed by atoms with Crippen LogP contribution in [-0.2, 0) is 20.7 Å². The smallest absolute Gasteiger partial charge is 0.316 e. The molecule has 1 aromatic rings. The predicted octanol–water partition coefficient (Wildman–Crippen LogP) is 2.45. The number of esters is 1. The van der Waals surface area contributed by atoms with Crippen molar-refractivity contribution in [2.45, 2.75) is 25.7 Å². The first-order valence-corrected chi connectivity index (χ1v) is 7.38. The van der Waals surface area contributed by atoms with Gasteiger partial charge in [-0.3, -0.25) is 9.59 Å². The largest absolute Gasteiger partial charge is 0.468 e.